The van der Waals surface area contributed by atoms with Crippen LogP contribution in [0.4, 0.5) is 18.9 Å². The molecule has 0 saturated heterocycles. The molecule has 0 aliphatic rings. The van der Waals surface area contributed by atoms with Gasteiger partial charge in [0.1, 0.15) is 5.75 Å². The summed E-state index contributed by atoms with van der Waals surface area (Å²) in [5.41, 5.74) is 6.22. The minimum atomic E-state index is -4.21. The van der Waals surface area contributed by atoms with Gasteiger partial charge in [0.2, 0.25) is 0 Å². The number of hydrogen-bond acceptors (Lipinski definition) is 3. The Morgan fingerprint density at radius 1 is 1.38 bits per heavy atom. The van der Waals surface area contributed by atoms with Crippen molar-refractivity contribution in [2.75, 3.05) is 19.3 Å². The van der Waals surface area contributed by atoms with Crippen LogP contribution in [0.2, 0.25) is 0 Å². The van der Waals surface area contributed by atoms with Gasteiger partial charge in [0.15, 0.2) is 0 Å². The number of nitrogen functional groups attached to an aromatic ring is 1. The Balaban J connectivity index is 2.63. The number of rotatable bonds is 3. The zero-order valence-corrected chi connectivity index (χ0v) is 8.75. The SMILES string of the molecule is CN(Cc1ccc(O)c(N)c1)CC(F)(F)F. The predicted molar refractivity (Wildman–Crippen MR) is 54.9 cm³/mol. The monoisotopic (exact) mass is 234 g/mol. The van der Waals surface area contributed by atoms with Gasteiger partial charge in [-0.1, -0.05) is 6.07 Å². The molecule has 0 heterocycles. The first-order valence-electron chi connectivity index (χ1n) is 4.60. The van der Waals surface area contributed by atoms with Crippen LogP contribution in [0.3, 0.4) is 0 Å². The maximum atomic E-state index is 12.0. The smallest absolute Gasteiger partial charge is 0.401 e. The highest BCUT2D eigenvalue weighted by molar-refractivity contribution is 5.53. The Hall–Kier alpha value is -1.43. The lowest BCUT2D eigenvalue weighted by Gasteiger charge is -2.18. The maximum Gasteiger partial charge on any atom is 0.401 e. The summed E-state index contributed by atoms with van der Waals surface area (Å²) in [5.74, 6) is -0.0674. The van der Waals surface area contributed by atoms with E-state index < -0.39 is 12.7 Å². The quantitative estimate of drug-likeness (QED) is 0.621. The molecule has 0 aliphatic carbocycles. The van der Waals surface area contributed by atoms with Crippen LogP contribution >= 0.6 is 0 Å². The summed E-state index contributed by atoms with van der Waals surface area (Å²) in [5, 5.41) is 9.15. The van der Waals surface area contributed by atoms with Gasteiger partial charge >= 0.3 is 6.18 Å². The highest BCUT2D eigenvalue weighted by Crippen LogP contribution is 2.22. The lowest BCUT2D eigenvalue weighted by atomic mass is 10.2. The molecule has 1 aromatic rings. The fourth-order valence-electron chi connectivity index (χ4n) is 1.38. The topological polar surface area (TPSA) is 49.5 Å². The zero-order valence-electron chi connectivity index (χ0n) is 8.75. The van der Waals surface area contributed by atoms with E-state index in [0.717, 1.165) is 4.90 Å². The molecule has 0 saturated carbocycles. The number of nitrogens with zero attached hydrogens (tertiary/aromatic N) is 1. The fraction of sp³-hybridized carbons (Fsp3) is 0.400. The standard InChI is InChI=1S/C10H13F3N2O/c1-15(6-10(11,12)13)5-7-2-3-9(16)8(14)4-7/h2-4,16H,5-6,14H2,1H3. The van der Waals surface area contributed by atoms with E-state index >= 15 is 0 Å². The summed E-state index contributed by atoms with van der Waals surface area (Å²) in [4.78, 5) is 1.13. The van der Waals surface area contributed by atoms with Crippen molar-refractivity contribution in [2.24, 2.45) is 0 Å². The maximum absolute atomic E-state index is 12.0. The third-order valence-corrected chi connectivity index (χ3v) is 1.99. The van der Waals surface area contributed by atoms with Gasteiger partial charge in [0.25, 0.3) is 0 Å². The molecule has 16 heavy (non-hydrogen) atoms. The lowest BCUT2D eigenvalue weighted by Crippen LogP contribution is -2.30. The van der Waals surface area contributed by atoms with E-state index in [0.29, 0.717) is 5.56 Å². The van der Waals surface area contributed by atoms with Gasteiger partial charge in [0.05, 0.1) is 12.2 Å². The van der Waals surface area contributed by atoms with E-state index in [9.17, 15) is 13.2 Å². The number of hydrogen-bond donors (Lipinski definition) is 2. The van der Waals surface area contributed by atoms with Crippen molar-refractivity contribution in [1.82, 2.24) is 4.90 Å². The van der Waals surface area contributed by atoms with Gasteiger partial charge < -0.3 is 10.8 Å². The van der Waals surface area contributed by atoms with Crippen LogP contribution in [-0.4, -0.2) is 29.8 Å². The number of anilines is 1. The molecular weight excluding hydrogens is 221 g/mol. The number of halogens is 3. The second kappa shape index (κ2) is 4.61. The second-order valence-corrected chi connectivity index (χ2v) is 3.68. The van der Waals surface area contributed by atoms with Crippen LogP contribution in [0.25, 0.3) is 0 Å². The summed E-state index contributed by atoms with van der Waals surface area (Å²) < 4.78 is 36.1. The molecule has 3 nitrogen and oxygen atoms in total. The van der Waals surface area contributed by atoms with Crippen LogP contribution in [0, 0.1) is 0 Å². The van der Waals surface area contributed by atoms with E-state index in [1.165, 1.54) is 19.2 Å². The number of nitrogens with two attached hydrogens (primary N) is 1. The fourth-order valence-corrected chi connectivity index (χ4v) is 1.38. The molecule has 1 rings (SSSR count). The van der Waals surface area contributed by atoms with E-state index in [1.807, 2.05) is 0 Å². The number of benzene rings is 1. The molecule has 0 atom stereocenters. The molecule has 90 valence electrons. The van der Waals surface area contributed by atoms with E-state index in [1.54, 1.807) is 6.07 Å². The molecule has 0 aromatic heterocycles. The highest BCUT2D eigenvalue weighted by Gasteiger charge is 2.29. The Kier molecular flexibility index (Phi) is 3.64. The van der Waals surface area contributed by atoms with Crippen molar-refractivity contribution in [3.8, 4) is 5.75 Å². The van der Waals surface area contributed by atoms with Crippen LogP contribution < -0.4 is 5.73 Å². The molecule has 0 radical (unpaired) electrons. The van der Waals surface area contributed by atoms with E-state index in [-0.39, 0.29) is 18.0 Å². The molecule has 0 amide bonds. The number of phenolic OH excluding ortho intramolecular Hbond substituents is 1. The summed E-state index contributed by atoms with van der Waals surface area (Å²) in [6.07, 6.45) is -4.21. The first kappa shape index (κ1) is 12.6. The van der Waals surface area contributed by atoms with Crippen molar-refractivity contribution in [2.45, 2.75) is 12.7 Å². The number of aromatic hydroxyl groups is 1. The molecule has 6 heteroatoms. The average molecular weight is 234 g/mol. The molecule has 0 spiro atoms. The molecule has 1 aromatic carbocycles. The Morgan fingerprint density at radius 2 is 2.00 bits per heavy atom. The Morgan fingerprint density at radius 3 is 2.50 bits per heavy atom. The second-order valence-electron chi connectivity index (χ2n) is 3.68. The molecule has 3 N–H and O–H groups in total. The van der Waals surface area contributed by atoms with Crippen LogP contribution in [0.15, 0.2) is 18.2 Å². The van der Waals surface area contributed by atoms with Crippen molar-refractivity contribution in [3.63, 3.8) is 0 Å². The van der Waals surface area contributed by atoms with E-state index in [4.69, 9.17) is 10.8 Å². The van der Waals surface area contributed by atoms with Gasteiger partial charge in [-0.25, -0.2) is 0 Å². The minimum absolute atomic E-state index is 0.0674. The van der Waals surface area contributed by atoms with Crippen molar-refractivity contribution < 1.29 is 18.3 Å². The number of alkyl halides is 3. The minimum Gasteiger partial charge on any atom is -0.506 e. The normalized spacial score (nSPS) is 12.1. The molecule has 0 aliphatic heterocycles. The third kappa shape index (κ3) is 3.98. The Bertz CT molecular complexity index is 366. The van der Waals surface area contributed by atoms with Crippen LogP contribution in [-0.2, 0) is 6.54 Å². The van der Waals surface area contributed by atoms with Gasteiger partial charge in [0, 0.05) is 6.54 Å². The summed E-state index contributed by atoms with van der Waals surface area (Å²) in [6.45, 7) is -0.849. The Labute approximate surface area is 91.3 Å². The summed E-state index contributed by atoms with van der Waals surface area (Å²) in [7, 11) is 1.37. The third-order valence-electron chi connectivity index (χ3n) is 1.99. The average Bonchev–Trinajstić information content (AvgIpc) is 2.08. The van der Waals surface area contributed by atoms with Gasteiger partial charge in [-0.2, -0.15) is 13.2 Å². The molecule has 0 bridgehead atoms. The first-order chi connectivity index (χ1) is 7.28. The molecule has 0 unspecified atom stereocenters. The summed E-state index contributed by atoms with van der Waals surface area (Å²) in [6, 6.07) is 4.37. The van der Waals surface area contributed by atoms with Crippen LogP contribution in [0.5, 0.6) is 5.75 Å². The largest absolute Gasteiger partial charge is 0.506 e. The van der Waals surface area contributed by atoms with Gasteiger partial charge in [-0.3, -0.25) is 4.90 Å². The summed E-state index contributed by atoms with van der Waals surface area (Å²) >= 11 is 0. The molecular formula is C10H13F3N2O. The predicted octanol–water partition coefficient (Wildman–Crippen LogP) is 1.97. The van der Waals surface area contributed by atoms with E-state index in [2.05, 4.69) is 0 Å². The van der Waals surface area contributed by atoms with Crippen molar-refractivity contribution in [1.29, 1.82) is 0 Å². The zero-order chi connectivity index (χ0) is 12.3. The number of phenols is 1. The molecule has 0 fully saturated rings. The van der Waals surface area contributed by atoms with Gasteiger partial charge in [-0.05, 0) is 24.7 Å². The van der Waals surface area contributed by atoms with Crippen LogP contribution in [0.1, 0.15) is 5.56 Å². The van der Waals surface area contributed by atoms with Crippen molar-refractivity contribution in [3.05, 3.63) is 23.8 Å². The lowest BCUT2D eigenvalue weighted by molar-refractivity contribution is -0.144. The van der Waals surface area contributed by atoms with Crippen molar-refractivity contribution >= 4 is 5.69 Å². The first-order valence-corrected chi connectivity index (χ1v) is 4.60. The highest BCUT2D eigenvalue weighted by atomic mass is 19.4. The van der Waals surface area contributed by atoms with Gasteiger partial charge in [-0.15, -0.1) is 0 Å².